The van der Waals surface area contributed by atoms with E-state index in [1.807, 2.05) is 0 Å². The lowest BCUT2D eigenvalue weighted by atomic mass is 10.0. The van der Waals surface area contributed by atoms with Crippen LogP contribution in [0.15, 0.2) is 17.3 Å². The van der Waals surface area contributed by atoms with Gasteiger partial charge in [-0.1, -0.05) is 0 Å². The average molecular weight is 410 g/mol. The number of halogens is 3. The fraction of sp³-hybridized carbons (Fsp3) is 0.421. The number of hydrogen-bond acceptors (Lipinski definition) is 4. The van der Waals surface area contributed by atoms with Crippen molar-refractivity contribution >= 4 is 24.1 Å². The zero-order valence-corrected chi connectivity index (χ0v) is 16.4. The van der Waals surface area contributed by atoms with Gasteiger partial charge in [-0.3, -0.25) is 9.89 Å². The molecule has 28 heavy (non-hydrogen) atoms. The van der Waals surface area contributed by atoms with Crippen molar-refractivity contribution in [3.8, 4) is 11.1 Å². The van der Waals surface area contributed by atoms with Gasteiger partial charge in [-0.2, -0.15) is 9.49 Å². The summed E-state index contributed by atoms with van der Waals surface area (Å²) in [5, 5.41) is 9.08. The largest absolute Gasteiger partial charge is 0.394 e. The number of amides is 1. The van der Waals surface area contributed by atoms with E-state index >= 15 is 0 Å². The van der Waals surface area contributed by atoms with E-state index in [2.05, 4.69) is 20.5 Å². The molecule has 2 aliphatic rings. The molecule has 2 fully saturated rings. The number of anilines is 1. The zero-order valence-electron chi connectivity index (χ0n) is 15.6. The Balaban J connectivity index is 0.00000225. The van der Waals surface area contributed by atoms with Gasteiger partial charge in [0.05, 0.1) is 17.0 Å². The van der Waals surface area contributed by atoms with E-state index in [0.29, 0.717) is 28.8 Å². The summed E-state index contributed by atoms with van der Waals surface area (Å²) >= 11 is 0. The number of rotatable bonds is 5. The van der Waals surface area contributed by atoms with Gasteiger partial charge >= 0.3 is 0 Å². The van der Waals surface area contributed by atoms with Crippen molar-refractivity contribution in [1.82, 2.24) is 15.2 Å². The summed E-state index contributed by atoms with van der Waals surface area (Å²) in [5.41, 5.74) is 8.28. The van der Waals surface area contributed by atoms with Crippen LogP contribution in [0.2, 0.25) is 0 Å². The lowest BCUT2D eigenvalue weighted by Crippen LogP contribution is -2.24. The summed E-state index contributed by atoms with van der Waals surface area (Å²) in [5.74, 6) is -1.84. The minimum Gasteiger partial charge on any atom is -0.394 e. The molecule has 2 aliphatic carbocycles. The number of hydrogen-bond donors (Lipinski definition) is 3. The van der Waals surface area contributed by atoms with Crippen LogP contribution in [0.4, 0.5) is 14.6 Å². The average Bonchev–Trinajstić information content (AvgIpc) is 3.51. The lowest BCUT2D eigenvalue weighted by molar-refractivity contribution is -0.113. The maximum atomic E-state index is 14.6. The van der Waals surface area contributed by atoms with Crippen molar-refractivity contribution < 1.29 is 13.6 Å². The third kappa shape index (κ3) is 3.73. The Labute approximate surface area is 167 Å². The van der Waals surface area contributed by atoms with Gasteiger partial charge in [0.25, 0.3) is 5.91 Å². The van der Waals surface area contributed by atoms with E-state index in [9.17, 15) is 13.6 Å². The molecule has 6 nitrogen and oxygen atoms in total. The number of aryl methyl sites for hydroxylation is 2. The van der Waals surface area contributed by atoms with Gasteiger partial charge in [-0.25, -0.2) is 9.37 Å². The number of aromatic nitrogens is 3. The summed E-state index contributed by atoms with van der Waals surface area (Å²) in [6.07, 6.45) is 4.16. The number of H-pyrrole nitrogens is 1. The third-order valence-corrected chi connectivity index (χ3v) is 5.14. The number of carbonyl (C=O) groups is 1. The summed E-state index contributed by atoms with van der Waals surface area (Å²) in [4.78, 5) is 16.2. The Morgan fingerprint density at radius 3 is 2.25 bits per heavy atom. The van der Waals surface area contributed by atoms with Crippen LogP contribution >= 0.6 is 12.4 Å². The van der Waals surface area contributed by atoms with Gasteiger partial charge in [-0.05, 0) is 56.9 Å². The third-order valence-electron chi connectivity index (χ3n) is 5.14. The van der Waals surface area contributed by atoms with Crippen molar-refractivity contribution in [2.45, 2.75) is 39.5 Å². The highest BCUT2D eigenvalue weighted by Gasteiger charge is 2.39. The van der Waals surface area contributed by atoms with Crippen molar-refractivity contribution in [2.24, 2.45) is 17.6 Å². The van der Waals surface area contributed by atoms with Crippen LogP contribution in [-0.2, 0) is 4.79 Å². The summed E-state index contributed by atoms with van der Waals surface area (Å²) < 4.78 is 29.1. The normalized spacial score (nSPS) is 15.7. The number of aromatic amines is 1. The fourth-order valence-corrected chi connectivity index (χ4v) is 3.57. The second kappa shape index (κ2) is 7.50. The van der Waals surface area contributed by atoms with E-state index in [1.54, 1.807) is 13.8 Å². The second-order valence-corrected chi connectivity index (χ2v) is 7.34. The Bertz CT molecular complexity index is 907. The molecule has 2 aromatic heterocycles. The van der Waals surface area contributed by atoms with Gasteiger partial charge in [0.1, 0.15) is 11.6 Å². The molecule has 0 radical (unpaired) electrons. The van der Waals surface area contributed by atoms with Gasteiger partial charge in [0, 0.05) is 17.3 Å². The first kappa shape index (κ1) is 20.3. The minimum atomic E-state index is -1.01. The Morgan fingerprint density at radius 1 is 1.18 bits per heavy atom. The zero-order chi connectivity index (χ0) is 19.3. The van der Waals surface area contributed by atoms with E-state index < -0.39 is 17.7 Å². The fourth-order valence-electron chi connectivity index (χ4n) is 3.57. The highest BCUT2D eigenvalue weighted by Crippen LogP contribution is 2.49. The van der Waals surface area contributed by atoms with Gasteiger partial charge in [0.2, 0.25) is 5.95 Å². The summed E-state index contributed by atoms with van der Waals surface area (Å²) in [6, 6.07) is 1.00. The molecule has 4 N–H and O–H groups in total. The molecule has 1 amide bonds. The van der Waals surface area contributed by atoms with Gasteiger partial charge in [-0.15, -0.1) is 12.4 Å². The Morgan fingerprint density at radius 2 is 1.79 bits per heavy atom. The predicted octanol–water partition coefficient (Wildman–Crippen LogP) is 3.76. The summed E-state index contributed by atoms with van der Waals surface area (Å²) in [6.45, 7) is 3.32. The SMILES string of the molecule is Cc1n[nH]c(C)c1-c1c(F)cc(NC(=O)C(N)=C(C2CC2)C2CC2)nc1F.Cl. The molecule has 0 spiro atoms. The molecule has 0 aromatic carbocycles. The maximum Gasteiger partial charge on any atom is 0.272 e. The second-order valence-electron chi connectivity index (χ2n) is 7.34. The van der Waals surface area contributed by atoms with Crippen LogP contribution in [0, 0.1) is 37.4 Å². The highest BCUT2D eigenvalue weighted by atomic mass is 35.5. The predicted molar refractivity (Wildman–Crippen MR) is 104 cm³/mol. The molecule has 9 heteroatoms. The first-order valence-electron chi connectivity index (χ1n) is 9.05. The molecular formula is C19H22ClF2N5O. The number of nitrogens with one attached hydrogen (secondary N) is 2. The standard InChI is InChI=1S/C19H21F2N5O.ClH/c1-8-14(9(2)26-25-8)16-12(20)7-13(23-18(16)21)24-19(27)17(22)15(10-3-4-10)11-5-6-11;/h7,10-11H,3-6,22H2,1-2H3,(H,25,26)(H,23,24,27);1H. The molecule has 2 saturated carbocycles. The highest BCUT2D eigenvalue weighted by molar-refractivity contribution is 6.03. The molecule has 150 valence electrons. The van der Waals surface area contributed by atoms with E-state index in [0.717, 1.165) is 37.3 Å². The Kier molecular flexibility index (Phi) is 5.43. The lowest BCUT2D eigenvalue weighted by Gasteiger charge is -2.12. The maximum absolute atomic E-state index is 14.6. The van der Waals surface area contributed by atoms with Crippen LogP contribution in [0.5, 0.6) is 0 Å². The van der Waals surface area contributed by atoms with Crippen LogP contribution in [0.25, 0.3) is 11.1 Å². The van der Waals surface area contributed by atoms with E-state index in [1.165, 1.54) is 0 Å². The topological polar surface area (TPSA) is 96.7 Å². The molecule has 2 aromatic rings. The number of allylic oxidation sites excluding steroid dienone is 1. The molecule has 0 aliphatic heterocycles. The molecule has 0 saturated heterocycles. The molecule has 0 bridgehead atoms. The van der Waals surface area contributed by atoms with Crippen LogP contribution in [-0.4, -0.2) is 21.1 Å². The number of carbonyl (C=O) groups excluding carboxylic acids is 1. The number of nitrogens with two attached hydrogens (primary N) is 1. The van der Waals surface area contributed by atoms with E-state index in [4.69, 9.17) is 5.73 Å². The molecule has 2 heterocycles. The molecule has 4 rings (SSSR count). The van der Waals surface area contributed by atoms with Crippen molar-refractivity contribution in [3.63, 3.8) is 0 Å². The summed E-state index contributed by atoms with van der Waals surface area (Å²) in [7, 11) is 0. The molecular weight excluding hydrogens is 388 g/mol. The van der Waals surface area contributed by atoms with Crippen LogP contribution in [0.3, 0.4) is 0 Å². The Hall–Kier alpha value is -2.48. The van der Waals surface area contributed by atoms with Crippen molar-refractivity contribution in [2.75, 3.05) is 5.32 Å². The minimum absolute atomic E-state index is 0. The first-order chi connectivity index (χ1) is 12.9. The van der Waals surface area contributed by atoms with Crippen molar-refractivity contribution in [3.05, 3.63) is 40.5 Å². The first-order valence-corrected chi connectivity index (χ1v) is 9.05. The van der Waals surface area contributed by atoms with Crippen LogP contribution < -0.4 is 11.1 Å². The molecule has 0 atom stereocenters. The smallest absolute Gasteiger partial charge is 0.272 e. The van der Waals surface area contributed by atoms with Crippen molar-refractivity contribution in [1.29, 1.82) is 0 Å². The van der Waals surface area contributed by atoms with Crippen LogP contribution in [0.1, 0.15) is 37.1 Å². The van der Waals surface area contributed by atoms with Gasteiger partial charge < -0.3 is 11.1 Å². The number of nitrogens with zero attached hydrogens (tertiary/aromatic N) is 2. The number of pyridine rings is 1. The monoisotopic (exact) mass is 409 g/mol. The molecule has 0 unspecified atom stereocenters. The van der Waals surface area contributed by atoms with E-state index in [-0.39, 0.29) is 29.5 Å². The van der Waals surface area contributed by atoms with Gasteiger partial charge in [0.15, 0.2) is 0 Å². The quantitative estimate of drug-likeness (QED) is 0.517.